The fourth-order valence-electron chi connectivity index (χ4n) is 4.72. The van der Waals surface area contributed by atoms with Crippen molar-refractivity contribution in [1.29, 1.82) is 0 Å². The summed E-state index contributed by atoms with van der Waals surface area (Å²) in [5, 5.41) is 0. The molecule has 2 amide bonds. The second-order valence-electron chi connectivity index (χ2n) is 8.77. The smallest absolute Gasteiger partial charge is 0.225 e. The summed E-state index contributed by atoms with van der Waals surface area (Å²) in [5.74, 6) is 2.07. The van der Waals surface area contributed by atoms with Gasteiger partial charge < -0.3 is 14.5 Å². The van der Waals surface area contributed by atoms with E-state index in [0.717, 1.165) is 43.4 Å². The molecule has 0 radical (unpaired) electrons. The summed E-state index contributed by atoms with van der Waals surface area (Å²) in [6, 6.07) is 8.32. The summed E-state index contributed by atoms with van der Waals surface area (Å²) in [6.45, 7) is 5.02. The highest BCUT2D eigenvalue weighted by atomic mass is 16.5. The maximum Gasteiger partial charge on any atom is 0.225 e. The lowest BCUT2D eigenvalue weighted by Crippen LogP contribution is -2.52. The first-order valence-corrected chi connectivity index (χ1v) is 10.2. The van der Waals surface area contributed by atoms with Gasteiger partial charge in [-0.1, -0.05) is 25.1 Å². The number of para-hydroxylation sites is 1. The van der Waals surface area contributed by atoms with Crippen molar-refractivity contribution in [3.8, 4) is 5.75 Å². The lowest BCUT2D eigenvalue weighted by atomic mass is 9.81. The predicted molar refractivity (Wildman–Crippen MR) is 103 cm³/mol. The molecule has 0 aromatic heterocycles. The standard InChI is InChI=1S/C22H30N2O3/c1-15-12-19(15)21(26)23(3)18-8-10-22(11-9-18)14-24(16(2)25)13-17-6-4-5-7-20(17)27-22/h4-7,15,18-19H,8-14H2,1-3H3/t15-,18?,19-,22?/m0/s1. The van der Waals surface area contributed by atoms with Crippen LogP contribution in [0, 0.1) is 11.8 Å². The Morgan fingerprint density at radius 2 is 1.89 bits per heavy atom. The van der Waals surface area contributed by atoms with Gasteiger partial charge in [0.2, 0.25) is 11.8 Å². The van der Waals surface area contributed by atoms with E-state index in [2.05, 4.69) is 6.92 Å². The Morgan fingerprint density at radius 1 is 1.22 bits per heavy atom. The molecular formula is C22H30N2O3. The number of fused-ring (bicyclic) bond motifs is 1. The van der Waals surface area contributed by atoms with Crippen LogP contribution in [0.3, 0.4) is 0 Å². The van der Waals surface area contributed by atoms with Gasteiger partial charge >= 0.3 is 0 Å². The van der Waals surface area contributed by atoms with Crippen molar-refractivity contribution in [1.82, 2.24) is 9.80 Å². The molecule has 3 aliphatic rings. The molecule has 1 spiro atoms. The number of carbonyl (C=O) groups is 2. The number of amides is 2. The van der Waals surface area contributed by atoms with Crippen LogP contribution in [-0.4, -0.2) is 46.8 Å². The van der Waals surface area contributed by atoms with E-state index in [1.807, 2.05) is 41.1 Å². The van der Waals surface area contributed by atoms with E-state index in [4.69, 9.17) is 4.74 Å². The van der Waals surface area contributed by atoms with Crippen molar-refractivity contribution < 1.29 is 14.3 Å². The first kappa shape index (κ1) is 18.3. The number of nitrogens with zero attached hydrogens (tertiary/aromatic N) is 2. The van der Waals surface area contributed by atoms with Gasteiger partial charge in [-0.05, 0) is 44.1 Å². The maximum absolute atomic E-state index is 12.6. The lowest BCUT2D eigenvalue weighted by Gasteiger charge is -2.43. The van der Waals surface area contributed by atoms with Crippen molar-refractivity contribution in [2.75, 3.05) is 13.6 Å². The van der Waals surface area contributed by atoms with E-state index in [0.29, 0.717) is 24.9 Å². The molecule has 2 fully saturated rings. The minimum absolute atomic E-state index is 0.0896. The summed E-state index contributed by atoms with van der Waals surface area (Å²) in [4.78, 5) is 28.7. The van der Waals surface area contributed by atoms with E-state index in [9.17, 15) is 9.59 Å². The Bertz CT molecular complexity index is 739. The second kappa shape index (κ2) is 6.84. The highest BCUT2D eigenvalue weighted by Crippen LogP contribution is 2.42. The van der Waals surface area contributed by atoms with Crippen LogP contribution in [0.2, 0.25) is 0 Å². The normalized spacial score (nSPS) is 32.3. The highest BCUT2D eigenvalue weighted by molar-refractivity contribution is 5.81. The molecule has 5 heteroatoms. The molecular weight excluding hydrogens is 340 g/mol. The average Bonchev–Trinajstić information content (AvgIpc) is 3.41. The molecule has 1 aromatic carbocycles. The Balaban J connectivity index is 1.49. The Labute approximate surface area is 161 Å². The van der Waals surface area contributed by atoms with Crippen LogP contribution in [0.15, 0.2) is 24.3 Å². The van der Waals surface area contributed by atoms with Crippen molar-refractivity contribution in [3.05, 3.63) is 29.8 Å². The third kappa shape index (κ3) is 3.56. The Morgan fingerprint density at radius 3 is 2.52 bits per heavy atom. The monoisotopic (exact) mass is 370 g/mol. The Hall–Kier alpha value is -2.04. The van der Waals surface area contributed by atoms with E-state index >= 15 is 0 Å². The SMILES string of the molecule is CC(=O)N1Cc2ccccc2OC2(CCC(N(C)C(=O)[C@H]3C[C@@H]3C)CC2)C1. The van der Waals surface area contributed by atoms with Gasteiger partial charge in [0, 0.05) is 38.0 Å². The minimum Gasteiger partial charge on any atom is -0.485 e. The highest BCUT2D eigenvalue weighted by Gasteiger charge is 2.46. The fourth-order valence-corrected chi connectivity index (χ4v) is 4.72. The van der Waals surface area contributed by atoms with Crippen LogP contribution in [0.1, 0.15) is 51.5 Å². The zero-order chi connectivity index (χ0) is 19.2. The molecule has 0 saturated heterocycles. The number of hydrogen-bond acceptors (Lipinski definition) is 3. The molecule has 1 heterocycles. The summed E-state index contributed by atoms with van der Waals surface area (Å²) >= 11 is 0. The van der Waals surface area contributed by atoms with Gasteiger partial charge in [-0.3, -0.25) is 9.59 Å². The molecule has 2 atom stereocenters. The van der Waals surface area contributed by atoms with Gasteiger partial charge in [-0.25, -0.2) is 0 Å². The number of hydrogen-bond donors (Lipinski definition) is 0. The van der Waals surface area contributed by atoms with Crippen molar-refractivity contribution in [2.24, 2.45) is 11.8 Å². The number of rotatable bonds is 2. The third-order valence-corrected chi connectivity index (χ3v) is 6.77. The van der Waals surface area contributed by atoms with Crippen molar-refractivity contribution in [3.63, 3.8) is 0 Å². The van der Waals surface area contributed by atoms with Gasteiger partial charge in [0.25, 0.3) is 0 Å². The van der Waals surface area contributed by atoms with Gasteiger partial charge in [0.15, 0.2) is 0 Å². The van der Waals surface area contributed by atoms with E-state index in [-0.39, 0.29) is 23.5 Å². The molecule has 1 aromatic rings. The molecule has 27 heavy (non-hydrogen) atoms. The van der Waals surface area contributed by atoms with Crippen LogP contribution in [0.5, 0.6) is 5.75 Å². The molecule has 2 aliphatic carbocycles. The number of carbonyl (C=O) groups excluding carboxylic acids is 2. The van der Waals surface area contributed by atoms with Crippen LogP contribution < -0.4 is 4.74 Å². The summed E-state index contributed by atoms with van der Waals surface area (Å²) < 4.78 is 6.53. The van der Waals surface area contributed by atoms with E-state index in [1.165, 1.54) is 0 Å². The maximum atomic E-state index is 12.6. The molecule has 4 rings (SSSR count). The van der Waals surface area contributed by atoms with Crippen LogP contribution in [0.25, 0.3) is 0 Å². The second-order valence-corrected chi connectivity index (χ2v) is 8.77. The molecule has 2 saturated carbocycles. The molecule has 5 nitrogen and oxygen atoms in total. The molecule has 0 unspecified atom stereocenters. The van der Waals surface area contributed by atoms with Crippen LogP contribution >= 0.6 is 0 Å². The van der Waals surface area contributed by atoms with Crippen molar-refractivity contribution >= 4 is 11.8 Å². The first-order valence-electron chi connectivity index (χ1n) is 10.2. The van der Waals surface area contributed by atoms with Crippen LogP contribution in [-0.2, 0) is 16.1 Å². The zero-order valence-electron chi connectivity index (χ0n) is 16.6. The van der Waals surface area contributed by atoms with Gasteiger partial charge in [-0.2, -0.15) is 0 Å². The molecule has 1 aliphatic heterocycles. The minimum atomic E-state index is -0.342. The van der Waals surface area contributed by atoms with Gasteiger partial charge in [0.05, 0.1) is 6.54 Å². The largest absolute Gasteiger partial charge is 0.485 e. The van der Waals surface area contributed by atoms with E-state index in [1.54, 1.807) is 6.92 Å². The Kier molecular flexibility index (Phi) is 4.65. The lowest BCUT2D eigenvalue weighted by molar-refractivity contribution is -0.136. The topological polar surface area (TPSA) is 49.9 Å². The predicted octanol–water partition coefficient (Wildman–Crippen LogP) is 3.22. The number of benzene rings is 1. The zero-order valence-corrected chi connectivity index (χ0v) is 16.6. The average molecular weight is 370 g/mol. The van der Waals surface area contributed by atoms with Crippen LogP contribution in [0.4, 0.5) is 0 Å². The first-order chi connectivity index (χ1) is 12.9. The summed E-state index contributed by atoms with van der Waals surface area (Å²) in [6.07, 6.45) is 4.63. The molecule has 0 bridgehead atoms. The molecule has 146 valence electrons. The third-order valence-electron chi connectivity index (χ3n) is 6.77. The quantitative estimate of drug-likeness (QED) is 0.803. The fraction of sp³-hybridized carbons (Fsp3) is 0.636. The summed E-state index contributed by atoms with van der Waals surface area (Å²) in [7, 11) is 1.96. The van der Waals surface area contributed by atoms with Gasteiger partial charge in [-0.15, -0.1) is 0 Å². The van der Waals surface area contributed by atoms with E-state index < -0.39 is 0 Å². The van der Waals surface area contributed by atoms with Crippen molar-refractivity contribution in [2.45, 2.75) is 64.1 Å². The molecule has 0 N–H and O–H groups in total. The number of ether oxygens (including phenoxy) is 1. The van der Waals surface area contributed by atoms with Gasteiger partial charge in [0.1, 0.15) is 11.4 Å². The summed E-state index contributed by atoms with van der Waals surface area (Å²) in [5.41, 5.74) is 0.729.